The van der Waals surface area contributed by atoms with E-state index in [0.29, 0.717) is 5.56 Å². The molecule has 2 heterocycles. The number of aromatic nitrogens is 1. The molecule has 0 aliphatic carbocycles. The Balaban J connectivity index is 1.53. The Labute approximate surface area is 148 Å². The summed E-state index contributed by atoms with van der Waals surface area (Å²) in [5, 5.41) is 8.95. The first-order valence-electron chi connectivity index (χ1n) is 8.51. The number of rotatable bonds is 5. The summed E-state index contributed by atoms with van der Waals surface area (Å²) in [4.78, 5) is 20.1. The summed E-state index contributed by atoms with van der Waals surface area (Å²) in [5.74, 6) is 0.158. The first-order valence-corrected chi connectivity index (χ1v) is 8.51. The number of piperazine rings is 1. The molecule has 1 saturated heterocycles. The number of anilines is 1. The first-order chi connectivity index (χ1) is 12.1. The van der Waals surface area contributed by atoms with E-state index in [0.717, 1.165) is 44.1 Å². The summed E-state index contributed by atoms with van der Waals surface area (Å²) < 4.78 is 0. The van der Waals surface area contributed by atoms with Gasteiger partial charge >= 0.3 is 5.97 Å². The lowest BCUT2D eigenvalue weighted by Crippen LogP contribution is -2.47. The summed E-state index contributed by atoms with van der Waals surface area (Å²) in [7, 11) is 0. The quantitative estimate of drug-likeness (QED) is 0.909. The third-order valence-corrected chi connectivity index (χ3v) is 4.39. The minimum absolute atomic E-state index is 0.320. The number of hydrogen-bond donors (Lipinski definition) is 1. The Hall–Kier alpha value is -2.66. The standard InChI is InChI=1S/C20H23N3O2/c1-16(14-17-5-7-18(8-6-17)20(24)25)15-22-10-12-23(13-11-22)19-4-2-3-9-21-19/h2-9,14H,10-13,15H2,1H3,(H,24,25)/b16-14+. The maximum absolute atomic E-state index is 10.9. The van der Waals surface area contributed by atoms with Crippen molar-refractivity contribution in [3.8, 4) is 0 Å². The molecule has 0 amide bonds. The number of carboxylic acid groups (broad SMARTS) is 1. The van der Waals surface area contributed by atoms with Crippen molar-refractivity contribution in [2.75, 3.05) is 37.6 Å². The summed E-state index contributed by atoms with van der Waals surface area (Å²) in [6.45, 7) is 7.04. The van der Waals surface area contributed by atoms with Crippen LogP contribution < -0.4 is 4.90 Å². The van der Waals surface area contributed by atoms with Crippen LogP contribution in [-0.4, -0.2) is 53.7 Å². The lowest BCUT2D eigenvalue weighted by Gasteiger charge is -2.35. The highest BCUT2D eigenvalue weighted by Crippen LogP contribution is 2.14. The van der Waals surface area contributed by atoms with E-state index in [-0.39, 0.29) is 0 Å². The highest BCUT2D eigenvalue weighted by molar-refractivity contribution is 5.87. The van der Waals surface area contributed by atoms with E-state index in [1.807, 2.05) is 30.5 Å². The second-order valence-electron chi connectivity index (χ2n) is 6.37. The van der Waals surface area contributed by atoms with Gasteiger partial charge in [0.25, 0.3) is 0 Å². The molecule has 2 aromatic rings. The van der Waals surface area contributed by atoms with Crippen LogP contribution in [0.25, 0.3) is 6.08 Å². The van der Waals surface area contributed by atoms with E-state index >= 15 is 0 Å². The number of carbonyl (C=O) groups is 1. The fourth-order valence-corrected chi connectivity index (χ4v) is 3.08. The van der Waals surface area contributed by atoms with Gasteiger partial charge in [-0.2, -0.15) is 0 Å². The van der Waals surface area contributed by atoms with Crippen LogP contribution in [0.15, 0.2) is 54.2 Å². The van der Waals surface area contributed by atoms with E-state index in [2.05, 4.69) is 33.8 Å². The maximum atomic E-state index is 10.9. The van der Waals surface area contributed by atoms with Crippen LogP contribution in [-0.2, 0) is 0 Å². The van der Waals surface area contributed by atoms with Crippen molar-refractivity contribution in [3.05, 3.63) is 65.4 Å². The number of aromatic carboxylic acids is 1. The summed E-state index contributed by atoms with van der Waals surface area (Å²) in [5.41, 5.74) is 2.63. The number of pyridine rings is 1. The molecule has 25 heavy (non-hydrogen) atoms. The van der Waals surface area contributed by atoms with Crippen LogP contribution in [0.1, 0.15) is 22.8 Å². The zero-order valence-electron chi connectivity index (χ0n) is 14.4. The van der Waals surface area contributed by atoms with Crippen LogP contribution >= 0.6 is 0 Å². The number of benzene rings is 1. The minimum Gasteiger partial charge on any atom is -0.478 e. The van der Waals surface area contributed by atoms with Crippen molar-refractivity contribution in [2.45, 2.75) is 6.92 Å². The van der Waals surface area contributed by atoms with Gasteiger partial charge in [-0.05, 0) is 36.8 Å². The first kappa shape index (κ1) is 17.2. The Kier molecular flexibility index (Phi) is 5.46. The van der Waals surface area contributed by atoms with E-state index in [1.165, 1.54) is 5.57 Å². The molecule has 1 aromatic carbocycles. The monoisotopic (exact) mass is 337 g/mol. The topological polar surface area (TPSA) is 56.7 Å². The van der Waals surface area contributed by atoms with Crippen molar-refractivity contribution >= 4 is 17.9 Å². The SMILES string of the molecule is C/C(=C\c1ccc(C(=O)O)cc1)CN1CCN(c2ccccn2)CC1. The molecule has 1 fully saturated rings. The van der Waals surface area contributed by atoms with Crippen molar-refractivity contribution < 1.29 is 9.90 Å². The van der Waals surface area contributed by atoms with Gasteiger partial charge in [0.1, 0.15) is 5.82 Å². The van der Waals surface area contributed by atoms with Crippen LogP contribution in [0.3, 0.4) is 0 Å². The zero-order chi connectivity index (χ0) is 17.6. The second kappa shape index (κ2) is 7.94. The number of carboxylic acids is 1. The fraction of sp³-hybridized carbons (Fsp3) is 0.300. The number of nitrogens with zero attached hydrogens (tertiary/aromatic N) is 3. The molecule has 1 aromatic heterocycles. The Morgan fingerprint density at radius 3 is 2.44 bits per heavy atom. The second-order valence-corrected chi connectivity index (χ2v) is 6.37. The van der Waals surface area contributed by atoms with E-state index < -0.39 is 5.97 Å². The predicted octanol–water partition coefficient (Wildman–Crippen LogP) is 3.01. The zero-order valence-corrected chi connectivity index (χ0v) is 14.4. The maximum Gasteiger partial charge on any atom is 0.335 e. The molecule has 0 spiro atoms. The van der Waals surface area contributed by atoms with Gasteiger partial charge in [-0.15, -0.1) is 0 Å². The average Bonchev–Trinajstić information content (AvgIpc) is 2.63. The van der Waals surface area contributed by atoms with E-state index in [4.69, 9.17) is 5.11 Å². The average molecular weight is 337 g/mol. The van der Waals surface area contributed by atoms with Gasteiger partial charge < -0.3 is 10.0 Å². The molecule has 1 aliphatic rings. The third kappa shape index (κ3) is 4.67. The predicted molar refractivity (Wildman–Crippen MR) is 99.9 cm³/mol. The molecule has 1 aliphatic heterocycles. The smallest absolute Gasteiger partial charge is 0.335 e. The van der Waals surface area contributed by atoms with Gasteiger partial charge in [0, 0.05) is 38.9 Å². The van der Waals surface area contributed by atoms with Gasteiger partial charge in [0.05, 0.1) is 5.56 Å². The molecule has 5 heteroatoms. The molecule has 5 nitrogen and oxygen atoms in total. The minimum atomic E-state index is -0.891. The molecule has 0 unspecified atom stereocenters. The van der Waals surface area contributed by atoms with Gasteiger partial charge in [0.2, 0.25) is 0 Å². The largest absolute Gasteiger partial charge is 0.478 e. The molecule has 130 valence electrons. The summed E-state index contributed by atoms with van der Waals surface area (Å²) in [6.07, 6.45) is 3.96. The van der Waals surface area contributed by atoms with Crippen LogP contribution in [0.4, 0.5) is 5.82 Å². The lowest BCUT2D eigenvalue weighted by molar-refractivity contribution is 0.0697. The van der Waals surface area contributed by atoms with Gasteiger partial charge in [-0.25, -0.2) is 9.78 Å². The van der Waals surface area contributed by atoms with Crippen molar-refractivity contribution in [2.24, 2.45) is 0 Å². The van der Waals surface area contributed by atoms with Gasteiger partial charge in [0.15, 0.2) is 0 Å². The summed E-state index contributed by atoms with van der Waals surface area (Å²) in [6, 6.07) is 13.0. The molecule has 3 rings (SSSR count). The molecule has 1 N–H and O–H groups in total. The van der Waals surface area contributed by atoms with Crippen molar-refractivity contribution in [3.63, 3.8) is 0 Å². The van der Waals surface area contributed by atoms with Gasteiger partial charge in [-0.3, -0.25) is 4.90 Å². The van der Waals surface area contributed by atoms with Crippen LogP contribution in [0.5, 0.6) is 0 Å². The fourth-order valence-electron chi connectivity index (χ4n) is 3.08. The third-order valence-electron chi connectivity index (χ3n) is 4.39. The van der Waals surface area contributed by atoms with Crippen molar-refractivity contribution in [1.82, 2.24) is 9.88 Å². The summed E-state index contributed by atoms with van der Waals surface area (Å²) >= 11 is 0. The lowest BCUT2D eigenvalue weighted by atomic mass is 10.1. The Morgan fingerprint density at radius 2 is 1.84 bits per heavy atom. The molecule has 0 atom stereocenters. The highest BCUT2D eigenvalue weighted by atomic mass is 16.4. The molecular weight excluding hydrogens is 314 g/mol. The Bertz CT molecular complexity index is 733. The van der Waals surface area contributed by atoms with E-state index in [9.17, 15) is 4.79 Å². The van der Waals surface area contributed by atoms with E-state index in [1.54, 1.807) is 12.1 Å². The van der Waals surface area contributed by atoms with Crippen LogP contribution in [0.2, 0.25) is 0 Å². The molecule has 0 bridgehead atoms. The molecule has 0 radical (unpaired) electrons. The van der Waals surface area contributed by atoms with Crippen molar-refractivity contribution in [1.29, 1.82) is 0 Å². The molecule has 0 saturated carbocycles. The van der Waals surface area contributed by atoms with Crippen LogP contribution in [0, 0.1) is 0 Å². The Morgan fingerprint density at radius 1 is 1.12 bits per heavy atom. The highest BCUT2D eigenvalue weighted by Gasteiger charge is 2.17. The number of hydrogen-bond acceptors (Lipinski definition) is 4. The van der Waals surface area contributed by atoms with Gasteiger partial charge in [-0.1, -0.05) is 29.8 Å². The normalized spacial score (nSPS) is 16.0. The molecular formula is C20H23N3O2.